The third-order valence-electron chi connectivity index (χ3n) is 10.7. The maximum absolute atomic E-state index is 2.37. The maximum atomic E-state index is 2.37. The summed E-state index contributed by atoms with van der Waals surface area (Å²) in [5.41, 5.74) is 0. The lowest BCUT2D eigenvalue weighted by Crippen LogP contribution is -1.85. The molecule has 11 aromatic rings. The lowest BCUT2D eigenvalue weighted by molar-refractivity contribution is 1.79. The summed E-state index contributed by atoms with van der Waals surface area (Å²) in [5, 5.41) is 25.4. The van der Waals surface area contributed by atoms with Crippen molar-refractivity contribution < 1.29 is 0 Å². The Morgan fingerprint density at radius 1 is 0.167 bits per heavy atom. The smallest absolute Gasteiger partial charge is 0.00264 e. The van der Waals surface area contributed by atoms with Crippen molar-refractivity contribution >= 4 is 108 Å². The first-order valence-electron chi connectivity index (χ1n) is 16.7. The van der Waals surface area contributed by atoms with Crippen molar-refractivity contribution in [3.63, 3.8) is 0 Å². The van der Waals surface area contributed by atoms with Gasteiger partial charge in [0.15, 0.2) is 0 Å². The molecule has 14 bridgehead atoms. The summed E-state index contributed by atoms with van der Waals surface area (Å²) >= 11 is 0. The van der Waals surface area contributed by atoms with Crippen LogP contribution in [0.15, 0.2) is 170 Å². The molecule has 0 aliphatic heterocycles. The number of rotatable bonds is 0. The highest BCUT2D eigenvalue weighted by Crippen LogP contribution is 2.39. The Labute approximate surface area is 276 Å². The van der Waals surface area contributed by atoms with Gasteiger partial charge in [-0.1, -0.05) is 146 Å². The van der Waals surface area contributed by atoms with Crippen molar-refractivity contribution in [1.29, 1.82) is 0 Å². The molecule has 0 saturated carbocycles. The van der Waals surface area contributed by atoms with Crippen LogP contribution in [0.2, 0.25) is 0 Å². The molecule has 0 heteroatoms. The molecule has 0 heterocycles. The molecule has 0 spiro atoms. The van der Waals surface area contributed by atoms with E-state index in [-0.39, 0.29) is 0 Å². The third kappa shape index (κ3) is 3.78. The van der Waals surface area contributed by atoms with Crippen molar-refractivity contribution in [2.75, 3.05) is 0 Å². The highest BCUT2D eigenvalue weighted by molar-refractivity contribution is 6.29. The second-order valence-corrected chi connectivity index (χ2v) is 13.4. The van der Waals surface area contributed by atoms with Crippen LogP contribution in [0, 0.1) is 0 Å². The fraction of sp³-hybridized carbons (Fsp3) is 0. The van der Waals surface area contributed by atoms with Gasteiger partial charge in [0.1, 0.15) is 0 Å². The largest absolute Gasteiger partial charge is 0.0544 e. The first-order chi connectivity index (χ1) is 23.7. The summed E-state index contributed by atoms with van der Waals surface area (Å²) in [5.74, 6) is 0. The minimum absolute atomic E-state index is 1.20. The zero-order valence-electron chi connectivity index (χ0n) is 26.2. The van der Waals surface area contributed by atoms with E-state index >= 15 is 0 Å². The van der Waals surface area contributed by atoms with Crippen LogP contribution in [0.25, 0.3) is 108 Å². The zero-order chi connectivity index (χ0) is 31.3. The lowest BCUT2D eigenvalue weighted by atomic mass is 9.91. The van der Waals surface area contributed by atoms with E-state index in [2.05, 4.69) is 170 Å². The van der Waals surface area contributed by atoms with Crippen molar-refractivity contribution in [1.82, 2.24) is 0 Å². The normalized spacial score (nSPS) is 12.2. The Kier molecular flexibility index (Phi) is 5.20. The first kappa shape index (κ1) is 25.9. The zero-order valence-corrected chi connectivity index (χ0v) is 26.2. The van der Waals surface area contributed by atoms with Gasteiger partial charge in [0.25, 0.3) is 0 Å². The minimum Gasteiger partial charge on any atom is -0.0544 e. The molecule has 0 radical (unpaired) electrons. The van der Waals surface area contributed by atoms with Crippen LogP contribution in [0.4, 0.5) is 0 Å². The van der Waals surface area contributed by atoms with E-state index in [1.165, 1.54) is 108 Å². The Balaban J connectivity index is 1.34. The van der Waals surface area contributed by atoms with E-state index in [1.54, 1.807) is 0 Å². The van der Waals surface area contributed by atoms with Gasteiger partial charge in [-0.2, -0.15) is 0 Å². The Hall–Kier alpha value is -6.24. The highest BCUT2D eigenvalue weighted by atomic mass is 14.1. The number of hydrogen-bond donors (Lipinski definition) is 0. The summed E-state index contributed by atoms with van der Waals surface area (Å²) in [4.78, 5) is 0. The molecule has 11 rings (SSSR count). The average Bonchev–Trinajstić information content (AvgIpc) is 3.14. The van der Waals surface area contributed by atoms with Crippen molar-refractivity contribution in [3.05, 3.63) is 170 Å². The van der Waals surface area contributed by atoms with Gasteiger partial charge in [-0.3, -0.25) is 0 Å². The highest BCUT2D eigenvalue weighted by Gasteiger charge is 2.11. The van der Waals surface area contributed by atoms with Gasteiger partial charge in [0.2, 0.25) is 0 Å². The summed E-state index contributed by atoms with van der Waals surface area (Å²) < 4.78 is 0. The predicted octanol–water partition coefficient (Wildman–Crippen LogP) is 13.8. The van der Waals surface area contributed by atoms with Gasteiger partial charge in [-0.15, -0.1) is 0 Å². The van der Waals surface area contributed by atoms with E-state index < -0.39 is 0 Å². The molecule has 0 fully saturated rings. The van der Waals surface area contributed by atoms with Crippen LogP contribution in [-0.4, -0.2) is 0 Å². The van der Waals surface area contributed by atoms with Crippen LogP contribution in [0.5, 0.6) is 0 Å². The van der Waals surface area contributed by atoms with Crippen LogP contribution in [0.1, 0.15) is 0 Å². The third-order valence-corrected chi connectivity index (χ3v) is 10.7. The van der Waals surface area contributed by atoms with Crippen molar-refractivity contribution in [2.45, 2.75) is 0 Å². The average molecular weight is 605 g/mol. The fourth-order valence-corrected chi connectivity index (χ4v) is 8.25. The Morgan fingerprint density at radius 3 is 0.833 bits per heavy atom. The lowest BCUT2D eigenvalue weighted by Gasteiger charge is -2.12. The molecule has 0 saturated heterocycles. The molecule has 0 unspecified atom stereocenters. The minimum atomic E-state index is 1.20. The second kappa shape index (κ2) is 9.64. The van der Waals surface area contributed by atoms with E-state index in [4.69, 9.17) is 0 Å². The maximum Gasteiger partial charge on any atom is -0.00264 e. The van der Waals surface area contributed by atoms with E-state index in [0.717, 1.165) is 0 Å². The molecule has 0 aliphatic rings. The molecule has 0 amide bonds. The molecule has 0 aromatic heterocycles. The molecule has 48 heavy (non-hydrogen) atoms. The molecule has 11 aromatic carbocycles. The Morgan fingerprint density at radius 2 is 0.417 bits per heavy atom. The predicted molar refractivity (Wildman–Crippen MR) is 210 cm³/mol. The van der Waals surface area contributed by atoms with Crippen molar-refractivity contribution in [2.24, 2.45) is 0 Å². The van der Waals surface area contributed by atoms with E-state index in [9.17, 15) is 0 Å². The molecule has 220 valence electrons. The van der Waals surface area contributed by atoms with Gasteiger partial charge in [0.05, 0.1) is 0 Å². The van der Waals surface area contributed by atoms with Gasteiger partial charge < -0.3 is 0 Å². The van der Waals surface area contributed by atoms with Gasteiger partial charge in [-0.25, -0.2) is 0 Å². The van der Waals surface area contributed by atoms with E-state index in [0.29, 0.717) is 0 Å². The van der Waals surface area contributed by atoms with Crippen LogP contribution >= 0.6 is 0 Å². The standard InChI is InChI=1S/C48H28/c1-3-31-7-11-35-13-15-37-19-24-42-41(47(37)45(35)27-31)23-20-38-16-14-36-12-8-32(28-46(36)48(38)42)4-2-30-6-10-34-18-21-39-40(44(34)26-30)22-17-33-9-5-29(1)25-43(33)39/h1-28H. The second-order valence-electron chi connectivity index (χ2n) is 13.4. The van der Waals surface area contributed by atoms with E-state index in [1.807, 2.05) is 0 Å². The molecule has 0 N–H and O–H groups in total. The molecule has 0 aliphatic carbocycles. The van der Waals surface area contributed by atoms with Crippen molar-refractivity contribution in [3.8, 4) is 0 Å². The van der Waals surface area contributed by atoms with Crippen LogP contribution in [0.3, 0.4) is 0 Å². The first-order valence-corrected chi connectivity index (χ1v) is 16.7. The summed E-state index contributed by atoms with van der Waals surface area (Å²) in [6.07, 6.45) is 0. The molecule has 0 nitrogen and oxygen atoms in total. The molecular formula is C48H28. The number of benzene rings is 10. The molecule has 0 atom stereocenters. The van der Waals surface area contributed by atoms with Crippen LogP contribution < -0.4 is 0 Å². The van der Waals surface area contributed by atoms with Gasteiger partial charge in [-0.05, 0) is 132 Å². The Bertz CT molecular complexity index is 3000. The quantitative estimate of drug-likeness (QED) is 0.151. The topological polar surface area (TPSA) is 0 Å². The molecular weight excluding hydrogens is 577 g/mol. The van der Waals surface area contributed by atoms with Gasteiger partial charge in [0, 0.05) is 0 Å². The number of hydrogen-bond acceptors (Lipinski definition) is 0. The van der Waals surface area contributed by atoms with Crippen LogP contribution in [-0.2, 0) is 0 Å². The summed E-state index contributed by atoms with van der Waals surface area (Å²) in [7, 11) is 0. The monoisotopic (exact) mass is 604 g/mol. The summed E-state index contributed by atoms with van der Waals surface area (Å²) in [6.45, 7) is 0. The SMILES string of the molecule is c1cc2ccc3ccc4ccc5c(ccc6ccc7ccc(ccc8ccc9ccc%10c%11cc1ccc%11ccc%10c9c8)cc7c65)c4c3c2. The fourth-order valence-electron chi connectivity index (χ4n) is 8.25. The number of fused-ring (bicyclic) bond motifs is 4. The summed E-state index contributed by atoms with van der Waals surface area (Å²) in [6, 6.07) is 64.0. The van der Waals surface area contributed by atoms with Gasteiger partial charge >= 0.3 is 0 Å².